The van der Waals surface area contributed by atoms with Gasteiger partial charge < -0.3 is 4.74 Å². The van der Waals surface area contributed by atoms with E-state index in [1.54, 1.807) is 0 Å². The molecule has 2 aromatic carbocycles. The van der Waals surface area contributed by atoms with Crippen molar-refractivity contribution in [2.75, 3.05) is 6.61 Å². The topological polar surface area (TPSA) is 9.23 Å². The minimum atomic E-state index is -1.73. The summed E-state index contributed by atoms with van der Waals surface area (Å²) in [6, 6.07) is 20.9. The van der Waals surface area contributed by atoms with E-state index in [9.17, 15) is 0 Å². The molecule has 0 spiro atoms. The Kier molecular flexibility index (Phi) is 5.35. The van der Waals surface area contributed by atoms with Gasteiger partial charge in [-0.2, -0.15) is 0 Å². The van der Waals surface area contributed by atoms with Gasteiger partial charge in [-0.05, 0) is 10.8 Å². The zero-order valence-corrected chi connectivity index (χ0v) is 13.8. The van der Waals surface area contributed by atoms with Crippen LogP contribution in [0.3, 0.4) is 0 Å². The molecule has 2 aromatic rings. The molecule has 0 atom stereocenters. The molecule has 0 radical (unpaired) electrons. The molecule has 0 unspecified atom stereocenters. The van der Waals surface area contributed by atoms with E-state index in [0.717, 1.165) is 0 Å². The van der Waals surface area contributed by atoms with Gasteiger partial charge in [-0.25, -0.2) is 0 Å². The summed E-state index contributed by atoms with van der Waals surface area (Å²) in [5.41, 5.74) is 4.33. The molecule has 0 aliphatic rings. The van der Waals surface area contributed by atoms with Crippen LogP contribution in [0.2, 0.25) is 13.1 Å². The minimum absolute atomic E-state index is 0.604. The fourth-order valence-electron chi connectivity index (χ4n) is 2.33. The van der Waals surface area contributed by atoms with Gasteiger partial charge >= 0.3 is 0 Å². The van der Waals surface area contributed by atoms with Crippen molar-refractivity contribution < 1.29 is 4.74 Å². The molecule has 0 heterocycles. The molecule has 21 heavy (non-hydrogen) atoms. The normalized spacial score (nSPS) is 11.0. The smallest absolute Gasteiger partial charge is 0.119 e. The van der Waals surface area contributed by atoms with E-state index < -0.39 is 8.07 Å². The first-order chi connectivity index (χ1) is 10.1. The maximum absolute atomic E-state index is 5.88. The summed E-state index contributed by atoms with van der Waals surface area (Å²) in [6.45, 7) is 9.75. The third-order valence-corrected chi connectivity index (χ3v) is 7.43. The van der Waals surface area contributed by atoms with Gasteiger partial charge in [-0.3, -0.25) is 0 Å². The van der Waals surface area contributed by atoms with E-state index in [2.05, 4.69) is 67.9 Å². The van der Waals surface area contributed by atoms with Crippen molar-refractivity contribution in [1.82, 2.24) is 0 Å². The maximum Gasteiger partial charge on any atom is 0.119 e. The van der Waals surface area contributed by atoms with E-state index in [1.807, 2.05) is 18.2 Å². The lowest BCUT2D eigenvalue weighted by atomic mass is 10.2. The largest absolute Gasteiger partial charge is 0.372 e. The number of benzene rings is 2. The third-order valence-electron chi connectivity index (χ3n) is 3.82. The lowest BCUT2D eigenvalue weighted by Gasteiger charge is -2.25. The maximum atomic E-state index is 5.88. The second-order valence-corrected chi connectivity index (χ2v) is 10.1. The zero-order chi connectivity index (χ0) is 15.1. The van der Waals surface area contributed by atoms with E-state index in [0.29, 0.717) is 13.2 Å². The molecule has 0 bridgehead atoms. The fourth-order valence-corrected chi connectivity index (χ4v) is 4.61. The van der Waals surface area contributed by atoms with Crippen LogP contribution in [-0.4, -0.2) is 14.7 Å². The lowest BCUT2D eigenvalue weighted by molar-refractivity contribution is 0.146. The average Bonchev–Trinajstić information content (AvgIpc) is 2.53. The van der Waals surface area contributed by atoms with Gasteiger partial charge in [0.05, 0.1) is 13.2 Å². The first-order valence-electron chi connectivity index (χ1n) is 7.21. The number of hydrogen-bond donors (Lipinski definition) is 0. The SMILES string of the molecule is C=C=C(COCc1ccccc1)[Si](C)(C)c1ccccc1. The number of ether oxygens (including phenoxy) is 1. The molecule has 0 amide bonds. The fraction of sp³-hybridized carbons (Fsp3) is 0.211. The Hall–Kier alpha value is -1.86. The Morgan fingerprint density at radius 3 is 2.14 bits per heavy atom. The average molecular weight is 294 g/mol. The Morgan fingerprint density at radius 1 is 1.00 bits per heavy atom. The summed E-state index contributed by atoms with van der Waals surface area (Å²) >= 11 is 0. The second kappa shape index (κ2) is 7.23. The van der Waals surface area contributed by atoms with Crippen molar-refractivity contribution >= 4 is 13.3 Å². The molecule has 2 heteroatoms. The Labute approximate surface area is 128 Å². The Morgan fingerprint density at radius 2 is 1.57 bits per heavy atom. The van der Waals surface area contributed by atoms with Gasteiger partial charge in [-0.1, -0.05) is 85.5 Å². The second-order valence-electron chi connectivity index (χ2n) is 5.62. The molecule has 0 aliphatic heterocycles. The highest BCUT2D eigenvalue weighted by molar-refractivity contribution is 6.95. The van der Waals surface area contributed by atoms with Gasteiger partial charge in [0, 0.05) is 0 Å². The summed E-state index contributed by atoms with van der Waals surface area (Å²) in [7, 11) is -1.73. The predicted molar refractivity (Wildman–Crippen MR) is 92.3 cm³/mol. The van der Waals surface area contributed by atoms with Crippen molar-refractivity contribution in [2.24, 2.45) is 0 Å². The highest BCUT2D eigenvalue weighted by atomic mass is 28.3. The zero-order valence-electron chi connectivity index (χ0n) is 12.8. The van der Waals surface area contributed by atoms with Crippen LogP contribution < -0.4 is 5.19 Å². The predicted octanol–water partition coefficient (Wildman–Crippen LogP) is 4.07. The molecular formula is C19H22OSi. The van der Waals surface area contributed by atoms with Gasteiger partial charge in [0.1, 0.15) is 8.07 Å². The van der Waals surface area contributed by atoms with Crippen LogP contribution in [0.4, 0.5) is 0 Å². The van der Waals surface area contributed by atoms with Gasteiger partial charge in [0.25, 0.3) is 0 Å². The van der Waals surface area contributed by atoms with Gasteiger partial charge in [-0.15, -0.1) is 5.73 Å². The van der Waals surface area contributed by atoms with Crippen molar-refractivity contribution in [1.29, 1.82) is 0 Å². The lowest BCUT2D eigenvalue weighted by Crippen LogP contribution is -2.44. The summed E-state index contributed by atoms with van der Waals surface area (Å²) in [5.74, 6) is 0. The summed E-state index contributed by atoms with van der Waals surface area (Å²) < 4.78 is 5.88. The van der Waals surface area contributed by atoms with Crippen molar-refractivity contribution in [3.8, 4) is 0 Å². The minimum Gasteiger partial charge on any atom is -0.372 e. The molecule has 0 saturated carbocycles. The Balaban J connectivity index is 2.02. The third kappa shape index (κ3) is 4.05. The molecule has 1 nitrogen and oxygen atoms in total. The van der Waals surface area contributed by atoms with Crippen LogP contribution in [0, 0.1) is 0 Å². The van der Waals surface area contributed by atoms with Crippen LogP contribution in [0.1, 0.15) is 5.56 Å². The monoisotopic (exact) mass is 294 g/mol. The molecule has 0 aliphatic carbocycles. The number of rotatable bonds is 6. The van der Waals surface area contributed by atoms with E-state index >= 15 is 0 Å². The standard InChI is InChI=1S/C19H22OSi/c1-4-18(16-20-15-17-11-7-5-8-12-17)21(2,3)19-13-9-6-10-14-19/h5-14H,1,15-16H2,2-3H3. The van der Waals surface area contributed by atoms with Crippen LogP contribution in [0.15, 0.2) is 78.2 Å². The van der Waals surface area contributed by atoms with Crippen molar-refractivity contribution in [2.45, 2.75) is 19.7 Å². The van der Waals surface area contributed by atoms with Gasteiger partial charge in [0.2, 0.25) is 0 Å². The van der Waals surface area contributed by atoms with Crippen LogP contribution in [0.25, 0.3) is 0 Å². The van der Waals surface area contributed by atoms with E-state index in [1.165, 1.54) is 15.9 Å². The van der Waals surface area contributed by atoms with E-state index in [4.69, 9.17) is 4.74 Å². The van der Waals surface area contributed by atoms with E-state index in [-0.39, 0.29) is 0 Å². The molecule has 108 valence electrons. The molecule has 0 N–H and O–H groups in total. The van der Waals surface area contributed by atoms with Crippen molar-refractivity contribution in [3.05, 3.63) is 83.7 Å². The Bertz CT molecular complexity index is 611. The highest BCUT2D eigenvalue weighted by Gasteiger charge is 2.28. The summed E-state index contributed by atoms with van der Waals surface area (Å²) in [4.78, 5) is 0. The molecule has 0 saturated heterocycles. The van der Waals surface area contributed by atoms with Crippen LogP contribution in [-0.2, 0) is 11.3 Å². The van der Waals surface area contributed by atoms with Crippen LogP contribution in [0.5, 0.6) is 0 Å². The molecule has 0 aromatic heterocycles. The first kappa shape index (κ1) is 15.5. The number of hydrogen-bond acceptors (Lipinski definition) is 1. The van der Waals surface area contributed by atoms with Gasteiger partial charge in [0.15, 0.2) is 0 Å². The summed E-state index contributed by atoms with van der Waals surface area (Å²) in [5, 5.41) is 2.60. The quantitative estimate of drug-likeness (QED) is 0.576. The molecule has 0 fully saturated rings. The van der Waals surface area contributed by atoms with Crippen LogP contribution >= 0.6 is 0 Å². The highest BCUT2D eigenvalue weighted by Crippen LogP contribution is 2.15. The molecular weight excluding hydrogens is 272 g/mol. The van der Waals surface area contributed by atoms with Crippen molar-refractivity contribution in [3.63, 3.8) is 0 Å². The first-order valence-corrected chi connectivity index (χ1v) is 10.2. The molecule has 2 rings (SSSR count). The summed E-state index contributed by atoms with van der Waals surface area (Å²) in [6.07, 6.45) is 0.